The molecule has 0 N–H and O–H groups in total. The lowest BCUT2D eigenvalue weighted by Crippen LogP contribution is -2.48. The fourth-order valence-electron chi connectivity index (χ4n) is 2.73. The third-order valence-corrected chi connectivity index (χ3v) is 4.04. The van der Waals surface area contributed by atoms with E-state index in [0.717, 1.165) is 12.0 Å². The van der Waals surface area contributed by atoms with Gasteiger partial charge in [-0.3, -0.25) is 0 Å². The van der Waals surface area contributed by atoms with Crippen molar-refractivity contribution in [2.45, 2.75) is 51.6 Å². The van der Waals surface area contributed by atoms with E-state index in [0.29, 0.717) is 32.9 Å². The molecule has 1 saturated heterocycles. The molecule has 1 aromatic carbocycles. The number of rotatable bonds is 5. The lowest BCUT2D eigenvalue weighted by molar-refractivity contribution is -0.0742. The van der Waals surface area contributed by atoms with Gasteiger partial charge in [-0.25, -0.2) is 4.79 Å². The van der Waals surface area contributed by atoms with Crippen LogP contribution in [0.15, 0.2) is 30.3 Å². The van der Waals surface area contributed by atoms with Crippen LogP contribution in [0.5, 0.6) is 0 Å². The zero-order valence-corrected chi connectivity index (χ0v) is 16.3. The maximum absolute atomic E-state index is 12.5. The minimum Gasteiger partial charge on any atom is -0.444 e. The zero-order chi connectivity index (χ0) is 19.0. The summed E-state index contributed by atoms with van der Waals surface area (Å²) in [6.45, 7) is 8.02. The van der Waals surface area contributed by atoms with Gasteiger partial charge in [-0.05, 0) is 32.8 Å². The van der Waals surface area contributed by atoms with Crippen molar-refractivity contribution >= 4 is 6.09 Å². The smallest absolute Gasteiger partial charge is 0.410 e. The largest absolute Gasteiger partial charge is 0.444 e. The molecule has 146 valence electrons. The van der Waals surface area contributed by atoms with Crippen LogP contribution in [0, 0.1) is 0 Å². The second-order valence-electron chi connectivity index (χ2n) is 7.53. The Morgan fingerprint density at radius 2 is 1.96 bits per heavy atom. The number of amides is 1. The maximum Gasteiger partial charge on any atom is 0.410 e. The molecule has 2 rings (SSSR count). The van der Waals surface area contributed by atoms with E-state index in [-0.39, 0.29) is 18.3 Å². The lowest BCUT2D eigenvalue weighted by Gasteiger charge is -2.34. The van der Waals surface area contributed by atoms with E-state index in [9.17, 15) is 4.79 Å². The summed E-state index contributed by atoms with van der Waals surface area (Å²) in [7, 11) is 1.65. The second kappa shape index (κ2) is 9.90. The van der Waals surface area contributed by atoms with Gasteiger partial charge in [0.25, 0.3) is 0 Å². The van der Waals surface area contributed by atoms with E-state index in [4.69, 9.17) is 18.9 Å². The monoisotopic (exact) mass is 365 g/mol. The molecule has 6 heteroatoms. The highest BCUT2D eigenvalue weighted by molar-refractivity contribution is 5.68. The van der Waals surface area contributed by atoms with Gasteiger partial charge in [-0.1, -0.05) is 30.3 Å². The summed E-state index contributed by atoms with van der Waals surface area (Å²) in [5.74, 6) is 0. The van der Waals surface area contributed by atoms with Crippen LogP contribution >= 0.6 is 0 Å². The van der Waals surface area contributed by atoms with Crippen LogP contribution in [0.1, 0.15) is 32.8 Å². The van der Waals surface area contributed by atoms with Crippen LogP contribution in [0.3, 0.4) is 0 Å². The Morgan fingerprint density at radius 1 is 1.23 bits per heavy atom. The molecule has 0 saturated carbocycles. The van der Waals surface area contributed by atoms with Crippen LogP contribution in [0.25, 0.3) is 0 Å². The standard InChI is InChI=1S/C20H31NO5/c1-20(2,3)26-19(22)21-12-17(23-4)10-11-25-18(13-21)15-24-14-16-8-6-5-7-9-16/h5-9,17-18H,10-15H2,1-4H3/t17?,18-/m0/s1. The molecule has 0 aromatic heterocycles. The molecule has 0 spiro atoms. The summed E-state index contributed by atoms with van der Waals surface area (Å²) in [5, 5.41) is 0. The Morgan fingerprint density at radius 3 is 2.62 bits per heavy atom. The number of ether oxygens (including phenoxy) is 4. The SMILES string of the molecule is COC1CCO[C@H](COCc2ccccc2)CN(C(=O)OC(C)(C)C)C1. The van der Waals surface area contributed by atoms with Crippen LogP contribution in [0.2, 0.25) is 0 Å². The van der Waals surface area contributed by atoms with Crippen LogP contribution in [0.4, 0.5) is 4.79 Å². The Labute approximate surface area is 156 Å². The average molecular weight is 365 g/mol. The van der Waals surface area contributed by atoms with Crippen LogP contribution in [-0.2, 0) is 25.6 Å². The summed E-state index contributed by atoms with van der Waals surface area (Å²) in [4.78, 5) is 14.2. The van der Waals surface area contributed by atoms with E-state index in [1.54, 1.807) is 12.0 Å². The maximum atomic E-state index is 12.5. The van der Waals surface area contributed by atoms with E-state index in [1.165, 1.54) is 0 Å². The van der Waals surface area contributed by atoms with E-state index in [1.807, 2.05) is 51.1 Å². The Balaban J connectivity index is 1.92. The molecule has 0 radical (unpaired) electrons. The fourth-order valence-corrected chi connectivity index (χ4v) is 2.73. The van der Waals surface area contributed by atoms with E-state index >= 15 is 0 Å². The second-order valence-corrected chi connectivity index (χ2v) is 7.53. The number of benzene rings is 1. The van der Waals surface area contributed by atoms with Crippen molar-refractivity contribution < 1.29 is 23.7 Å². The number of carbonyl (C=O) groups is 1. The average Bonchev–Trinajstić information content (AvgIpc) is 2.56. The number of carbonyl (C=O) groups excluding carboxylic acids is 1. The van der Waals surface area contributed by atoms with E-state index in [2.05, 4.69) is 0 Å². The Bertz CT molecular complexity index is 543. The molecular weight excluding hydrogens is 334 g/mol. The third kappa shape index (κ3) is 7.32. The number of nitrogens with zero attached hydrogens (tertiary/aromatic N) is 1. The van der Waals surface area contributed by atoms with Crippen molar-refractivity contribution in [3.8, 4) is 0 Å². The van der Waals surface area contributed by atoms with Crippen LogP contribution < -0.4 is 0 Å². The van der Waals surface area contributed by atoms with Crippen molar-refractivity contribution in [2.24, 2.45) is 0 Å². The summed E-state index contributed by atoms with van der Waals surface area (Å²) in [6.07, 6.45) is 0.126. The first-order chi connectivity index (χ1) is 12.4. The normalized spacial score (nSPS) is 21.8. The van der Waals surface area contributed by atoms with Crippen molar-refractivity contribution in [1.82, 2.24) is 4.90 Å². The Hall–Kier alpha value is -1.63. The minimum absolute atomic E-state index is 0.0614. The molecule has 1 unspecified atom stereocenters. The van der Waals surface area contributed by atoms with Crippen LogP contribution in [-0.4, -0.2) is 62.2 Å². The highest BCUT2D eigenvalue weighted by Gasteiger charge is 2.29. The van der Waals surface area contributed by atoms with Gasteiger partial charge in [0.2, 0.25) is 0 Å². The van der Waals surface area contributed by atoms with Gasteiger partial charge < -0.3 is 23.8 Å². The molecule has 1 fully saturated rings. The van der Waals surface area contributed by atoms with Crippen molar-refractivity contribution in [3.05, 3.63) is 35.9 Å². The molecule has 1 aliphatic heterocycles. The van der Waals surface area contributed by atoms with Gasteiger partial charge >= 0.3 is 6.09 Å². The summed E-state index contributed by atoms with van der Waals surface area (Å²) < 4.78 is 22.7. The van der Waals surface area contributed by atoms with Gasteiger partial charge in [0.05, 0.1) is 38.5 Å². The predicted octanol–water partition coefficient (Wildman–Crippen LogP) is 3.24. The molecule has 0 aliphatic carbocycles. The molecule has 1 aromatic rings. The molecule has 1 heterocycles. The molecule has 6 nitrogen and oxygen atoms in total. The Kier molecular flexibility index (Phi) is 7.87. The van der Waals surface area contributed by atoms with Gasteiger partial charge in [0, 0.05) is 13.7 Å². The molecular formula is C20H31NO5. The first-order valence-electron chi connectivity index (χ1n) is 9.11. The zero-order valence-electron chi connectivity index (χ0n) is 16.3. The molecule has 2 atom stereocenters. The lowest BCUT2D eigenvalue weighted by atomic mass is 10.2. The minimum atomic E-state index is -0.540. The van der Waals surface area contributed by atoms with Gasteiger partial charge in [0.15, 0.2) is 0 Å². The number of methoxy groups -OCH3 is 1. The quantitative estimate of drug-likeness (QED) is 0.802. The van der Waals surface area contributed by atoms with Gasteiger partial charge in [0.1, 0.15) is 5.60 Å². The number of hydrogen-bond acceptors (Lipinski definition) is 5. The highest BCUT2D eigenvalue weighted by atomic mass is 16.6. The molecule has 1 aliphatic rings. The summed E-state index contributed by atoms with van der Waals surface area (Å²) >= 11 is 0. The first kappa shape index (κ1) is 20.7. The van der Waals surface area contributed by atoms with Gasteiger partial charge in [-0.2, -0.15) is 0 Å². The summed E-state index contributed by atoms with van der Waals surface area (Å²) in [6, 6.07) is 10.00. The highest BCUT2D eigenvalue weighted by Crippen LogP contribution is 2.15. The van der Waals surface area contributed by atoms with Gasteiger partial charge in [-0.15, -0.1) is 0 Å². The van der Waals surface area contributed by atoms with E-state index < -0.39 is 5.60 Å². The molecule has 26 heavy (non-hydrogen) atoms. The summed E-state index contributed by atoms with van der Waals surface area (Å²) in [5.41, 5.74) is 0.573. The van der Waals surface area contributed by atoms with Crippen molar-refractivity contribution in [3.63, 3.8) is 0 Å². The topological polar surface area (TPSA) is 57.2 Å². The van der Waals surface area contributed by atoms with Crippen molar-refractivity contribution in [1.29, 1.82) is 0 Å². The van der Waals surface area contributed by atoms with Crippen molar-refractivity contribution in [2.75, 3.05) is 33.4 Å². The molecule has 0 bridgehead atoms. The number of hydrogen-bond donors (Lipinski definition) is 0. The fraction of sp³-hybridized carbons (Fsp3) is 0.650. The molecule has 1 amide bonds. The predicted molar refractivity (Wildman–Crippen MR) is 99.1 cm³/mol. The third-order valence-electron chi connectivity index (χ3n) is 4.04. The first-order valence-corrected chi connectivity index (χ1v) is 9.11.